The number of rotatable bonds is 7. The quantitative estimate of drug-likeness (QED) is 0.748. The molecule has 2 N–H and O–H groups in total. The molecular formula is C19H26N4O2. The van der Waals surface area contributed by atoms with Crippen molar-refractivity contribution in [2.45, 2.75) is 31.9 Å². The standard InChI is InChI=1S/C19H26N4O2/c24-18-7-13-22(14-8-18)11-1-9-20-19(25)17-5-3-16(4-6-17)15-23-12-2-10-21-23/h2-6,10,12,18,24H,1,7-9,11,13-15H2,(H,20,25). The number of likely N-dealkylation sites (tertiary alicyclic amines) is 1. The minimum absolute atomic E-state index is 0.0281. The number of aliphatic hydroxyl groups excluding tert-OH is 1. The zero-order valence-corrected chi connectivity index (χ0v) is 14.5. The number of hydrogen-bond acceptors (Lipinski definition) is 4. The van der Waals surface area contributed by atoms with Crippen LogP contribution in [0.2, 0.25) is 0 Å². The summed E-state index contributed by atoms with van der Waals surface area (Å²) in [6, 6.07) is 9.56. The number of carbonyl (C=O) groups is 1. The molecule has 0 bridgehead atoms. The highest BCUT2D eigenvalue weighted by atomic mass is 16.3. The van der Waals surface area contributed by atoms with E-state index in [-0.39, 0.29) is 12.0 Å². The molecule has 3 rings (SSSR count). The fourth-order valence-corrected chi connectivity index (χ4v) is 3.09. The topological polar surface area (TPSA) is 70.4 Å². The molecule has 25 heavy (non-hydrogen) atoms. The normalized spacial score (nSPS) is 16.0. The Morgan fingerprint density at radius 2 is 2.00 bits per heavy atom. The third-order valence-corrected chi connectivity index (χ3v) is 4.61. The van der Waals surface area contributed by atoms with Gasteiger partial charge in [0, 0.05) is 37.6 Å². The third kappa shape index (κ3) is 5.41. The van der Waals surface area contributed by atoms with Crippen molar-refractivity contribution in [3.05, 3.63) is 53.9 Å². The van der Waals surface area contributed by atoms with Crippen LogP contribution in [0.5, 0.6) is 0 Å². The summed E-state index contributed by atoms with van der Waals surface area (Å²) in [6.45, 7) is 4.25. The molecule has 0 aliphatic carbocycles. The summed E-state index contributed by atoms with van der Waals surface area (Å²) in [6.07, 6.45) is 6.19. The van der Waals surface area contributed by atoms with Crippen LogP contribution < -0.4 is 5.32 Å². The van der Waals surface area contributed by atoms with Gasteiger partial charge in [-0.05, 0) is 49.6 Å². The van der Waals surface area contributed by atoms with E-state index in [1.807, 2.05) is 41.2 Å². The largest absolute Gasteiger partial charge is 0.393 e. The second-order valence-electron chi connectivity index (χ2n) is 6.58. The molecule has 0 saturated carbocycles. The van der Waals surface area contributed by atoms with Crippen LogP contribution >= 0.6 is 0 Å². The van der Waals surface area contributed by atoms with E-state index in [4.69, 9.17) is 0 Å². The Bertz CT molecular complexity index is 647. The first-order chi connectivity index (χ1) is 12.2. The predicted molar refractivity (Wildman–Crippen MR) is 96.4 cm³/mol. The number of carbonyl (C=O) groups excluding carboxylic acids is 1. The van der Waals surface area contributed by atoms with Crippen molar-refractivity contribution in [3.63, 3.8) is 0 Å². The van der Waals surface area contributed by atoms with Gasteiger partial charge in [0.25, 0.3) is 5.91 Å². The van der Waals surface area contributed by atoms with Crippen LogP contribution in [-0.4, -0.2) is 58.0 Å². The molecule has 2 aromatic rings. The molecule has 1 aromatic carbocycles. The molecule has 1 aliphatic heterocycles. The third-order valence-electron chi connectivity index (χ3n) is 4.61. The zero-order chi connectivity index (χ0) is 17.5. The maximum Gasteiger partial charge on any atom is 0.251 e. The van der Waals surface area contributed by atoms with E-state index < -0.39 is 0 Å². The SMILES string of the molecule is O=C(NCCCN1CCC(O)CC1)c1ccc(Cn2cccn2)cc1. The van der Waals surface area contributed by atoms with E-state index in [1.54, 1.807) is 6.20 Å². The number of benzene rings is 1. The van der Waals surface area contributed by atoms with Crippen LogP contribution in [0.1, 0.15) is 35.2 Å². The number of aromatic nitrogens is 2. The first-order valence-electron chi connectivity index (χ1n) is 8.96. The van der Waals surface area contributed by atoms with Crippen LogP contribution in [0, 0.1) is 0 Å². The van der Waals surface area contributed by atoms with Crippen molar-refractivity contribution in [3.8, 4) is 0 Å². The summed E-state index contributed by atoms with van der Waals surface area (Å²) >= 11 is 0. The van der Waals surface area contributed by atoms with Crippen molar-refractivity contribution in [1.82, 2.24) is 20.0 Å². The van der Waals surface area contributed by atoms with Gasteiger partial charge in [-0.2, -0.15) is 5.10 Å². The zero-order valence-electron chi connectivity index (χ0n) is 14.5. The lowest BCUT2D eigenvalue weighted by molar-refractivity contribution is 0.0816. The van der Waals surface area contributed by atoms with E-state index in [0.717, 1.165) is 44.5 Å². The van der Waals surface area contributed by atoms with Gasteiger partial charge < -0.3 is 15.3 Å². The first-order valence-corrected chi connectivity index (χ1v) is 8.96. The van der Waals surface area contributed by atoms with E-state index in [1.165, 1.54) is 0 Å². The van der Waals surface area contributed by atoms with Crippen molar-refractivity contribution >= 4 is 5.91 Å². The second-order valence-corrected chi connectivity index (χ2v) is 6.58. The minimum Gasteiger partial charge on any atom is -0.393 e. The van der Waals surface area contributed by atoms with Gasteiger partial charge in [-0.1, -0.05) is 12.1 Å². The molecule has 0 spiro atoms. The van der Waals surface area contributed by atoms with Crippen LogP contribution in [0.15, 0.2) is 42.7 Å². The number of hydrogen-bond donors (Lipinski definition) is 2. The first kappa shape index (κ1) is 17.6. The Hall–Kier alpha value is -2.18. The molecule has 1 saturated heterocycles. The fourth-order valence-electron chi connectivity index (χ4n) is 3.09. The van der Waals surface area contributed by atoms with Crippen LogP contribution in [0.25, 0.3) is 0 Å². The number of amides is 1. The van der Waals surface area contributed by atoms with Gasteiger partial charge in [-0.25, -0.2) is 0 Å². The Balaban J connectivity index is 1.37. The van der Waals surface area contributed by atoms with Gasteiger partial charge in [0.05, 0.1) is 12.6 Å². The molecule has 1 aromatic heterocycles. The van der Waals surface area contributed by atoms with Crippen LogP contribution in [-0.2, 0) is 6.54 Å². The predicted octanol–water partition coefficient (Wildman–Crippen LogP) is 1.51. The van der Waals surface area contributed by atoms with Gasteiger partial charge in [-0.15, -0.1) is 0 Å². The molecular weight excluding hydrogens is 316 g/mol. The molecule has 134 valence electrons. The van der Waals surface area contributed by atoms with Crippen LogP contribution in [0.4, 0.5) is 0 Å². The Morgan fingerprint density at radius 1 is 1.24 bits per heavy atom. The highest BCUT2D eigenvalue weighted by molar-refractivity contribution is 5.94. The van der Waals surface area contributed by atoms with E-state index >= 15 is 0 Å². The van der Waals surface area contributed by atoms with E-state index in [0.29, 0.717) is 18.7 Å². The lowest BCUT2D eigenvalue weighted by Gasteiger charge is -2.29. The summed E-state index contributed by atoms with van der Waals surface area (Å²) < 4.78 is 1.86. The summed E-state index contributed by atoms with van der Waals surface area (Å²) in [5.41, 5.74) is 1.80. The van der Waals surface area contributed by atoms with Gasteiger partial charge in [0.2, 0.25) is 0 Å². The Kier molecular flexibility index (Phi) is 6.19. The van der Waals surface area contributed by atoms with Crippen molar-refractivity contribution in [2.75, 3.05) is 26.2 Å². The summed E-state index contributed by atoms with van der Waals surface area (Å²) in [7, 11) is 0. The fraction of sp³-hybridized carbons (Fsp3) is 0.474. The monoisotopic (exact) mass is 342 g/mol. The summed E-state index contributed by atoms with van der Waals surface area (Å²) in [5.74, 6) is -0.0281. The number of aliphatic hydroxyl groups is 1. The van der Waals surface area contributed by atoms with E-state index in [2.05, 4.69) is 15.3 Å². The summed E-state index contributed by atoms with van der Waals surface area (Å²) in [5, 5.41) is 16.7. The lowest BCUT2D eigenvalue weighted by atomic mass is 10.1. The van der Waals surface area contributed by atoms with Gasteiger partial charge in [0.15, 0.2) is 0 Å². The van der Waals surface area contributed by atoms with Gasteiger partial charge >= 0.3 is 0 Å². The molecule has 0 atom stereocenters. The number of piperidine rings is 1. The molecule has 2 heterocycles. The molecule has 1 amide bonds. The smallest absolute Gasteiger partial charge is 0.251 e. The van der Waals surface area contributed by atoms with Gasteiger partial charge in [0.1, 0.15) is 0 Å². The molecule has 6 nitrogen and oxygen atoms in total. The maximum absolute atomic E-state index is 12.2. The Morgan fingerprint density at radius 3 is 2.68 bits per heavy atom. The van der Waals surface area contributed by atoms with Gasteiger partial charge in [-0.3, -0.25) is 9.48 Å². The lowest BCUT2D eigenvalue weighted by Crippen LogP contribution is -2.37. The summed E-state index contributed by atoms with van der Waals surface area (Å²) in [4.78, 5) is 14.5. The van der Waals surface area contributed by atoms with E-state index in [9.17, 15) is 9.90 Å². The van der Waals surface area contributed by atoms with Crippen molar-refractivity contribution in [1.29, 1.82) is 0 Å². The second kappa shape index (κ2) is 8.78. The minimum atomic E-state index is -0.132. The maximum atomic E-state index is 12.2. The Labute approximate surface area is 148 Å². The molecule has 1 fully saturated rings. The highest BCUT2D eigenvalue weighted by Gasteiger charge is 2.16. The molecule has 6 heteroatoms. The van der Waals surface area contributed by atoms with Crippen LogP contribution in [0.3, 0.4) is 0 Å². The highest BCUT2D eigenvalue weighted by Crippen LogP contribution is 2.10. The average molecular weight is 342 g/mol. The average Bonchev–Trinajstić information content (AvgIpc) is 3.14. The van der Waals surface area contributed by atoms with Crippen molar-refractivity contribution in [2.24, 2.45) is 0 Å². The molecule has 1 aliphatic rings. The van der Waals surface area contributed by atoms with Crippen molar-refractivity contribution < 1.29 is 9.90 Å². The number of nitrogens with zero attached hydrogens (tertiary/aromatic N) is 3. The molecule has 0 unspecified atom stereocenters. The number of nitrogens with one attached hydrogen (secondary N) is 1. The molecule has 0 radical (unpaired) electrons.